The molecule has 0 spiro atoms. The number of guanidine groups is 1. The van der Waals surface area contributed by atoms with Gasteiger partial charge >= 0.3 is 5.97 Å². The topological polar surface area (TPSA) is 811 Å². The van der Waals surface area contributed by atoms with Crippen LogP contribution in [-0.4, -0.2) is 261 Å². The van der Waals surface area contributed by atoms with E-state index in [1.807, 2.05) is 5.32 Å². The van der Waals surface area contributed by atoms with E-state index in [-0.39, 0.29) is 44.6 Å². The Morgan fingerprint density at radius 1 is 0.414 bits per heavy atom. The molecule has 19 amide bonds. The average molecular weight is 1650 g/mol. The molecule has 0 aliphatic carbocycles. The van der Waals surface area contributed by atoms with Gasteiger partial charge in [-0.15, -0.1) is 0 Å². The van der Waals surface area contributed by atoms with Gasteiger partial charge in [0.15, 0.2) is 12.0 Å². The maximum Gasteiger partial charge on any atom is 0.328 e. The van der Waals surface area contributed by atoms with E-state index in [0.29, 0.717) is 5.56 Å². The molecule has 34 N–H and O–H groups in total. The summed E-state index contributed by atoms with van der Waals surface area (Å²) in [6, 6.07) is -16.7. The molecule has 0 aromatic heterocycles. The monoisotopic (exact) mass is 1650 g/mol. The van der Waals surface area contributed by atoms with Crippen LogP contribution in [0.4, 0.5) is 0 Å². The zero-order valence-corrected chi connectivity index (χ0v) is 65.8. The lowest BCUT2D eigenvalue weighted by molar-refractivity contribution is -0.145. The Morgan fingerprint density at radius 3 is 1.24 bits per heavy atom. The van der Waals surface area contributed by atoms with Crippen molar-refractivity contribution in [1.29, 1.82) is 0 Å². The Bertz CT molecular complexity index is 3670. The normalized spacial score (nSPS) is 15.4. The van der Waals surface area contributed by atoms with Gasteiger partial charge in [-0.3, -0.25) is 96.1 Å². The smallest absolute Gasteiger partial charge is 0.328 e. The summed E-state index contributed by atoms with van der Waals surface area (Å²) in [6.45, 7) is 10.4. The molecule has 0 aliphatic heterocycles. The van der Waals surface area contributed by atoms with Crippen LogP contribution >= 0.6 is 0 Å². The highest BCUT2D eigenvalue weighted by Crippen LogP contribution is 2.14. The molecular formula is C69H113N23O24. The van der Waals surface area contributed by atoms with Crippen molar-refractivity contribution in [2.24, 2.45) is 68.6 Å². The van der Waals surface area contributed by atoms with E-state index in [4.69, 9.17) is 45.9 Å². The highest BCUT2D eigenvalue weighted by Gasteiger charge is 2.40. The lowest BCUT2D eigenvalue weighted by atomic mass is 9.97. The van der Waals surface area contributed by atoms with Crippen molar-refractivity contribution in [2.75, 3.05) is 19.7 Å². The maximum atomic E-state index is 14.5. The van der Waals surface area contributed by atoms with Gasteiger partial charge in [0, 0.05) is 19.4 Å². The van der Waals surface area contributed by atoms with Gasteiger partial charge in [-0.05, 0) is 69.8 Å². The Hall–Kier alpha value is -12.3. The zero-order valence-electron chi connectivity index (χ0n) is 65.8. The predicted octanol–water partition coefficient (Wildman–Crippen LogP) is -12.6. The summed E-state index contributed by atoms with van der Waals surface area (Å²) in [7, 11) is 0. The van der Waals surface area contributed by atoms with E-state index in [0.717, 1.165) is 20.8 Å². The number of aliphatic hydroxyl groups excluding tert-OH is 3. The fourth-order valence-electron chi connectivity index (χ4n) is 10.6. The number of aliphatic hydroxyl groups is 3. The van der Waals surface area contributed by atoms with Gasteiger partial charge in [0.05, 0.1) is 57.1 Å². The SMILES string of the molecule is CC[C@H](C)[C@H](NC(=O)[C@H](C)NC(=O)[C@H](CO)NC(=O)[C@H](CC(N)=O)NC(=O)[C@H](Cc1ccccc1)NC(=O)[C@H](CCCN=C(N)N)NC(=O)[C@H](CC(N)=O)NC(=O)[C@H](CCC(N)=O)NC(=O)[C@@H](N)C(C)C)C(=O)N[C@H](C(=O)N[C@@H](CC(N)=O)C(=O)N[C@@H](CC(C)C)C(=O)NCC(=O)N[C@@H](CC(N)=O)C(=O)N[C@H](C(=O)O)[C@@H](C)O)[C@@H](C)O. The molecule has 0 heterocycles. The van der Waals surface area contributed by atoms with Crippen LogP contribution in [0.5, 0.6) is 0 Å². The minimum atomic E-state index is -2.01. The van der Waals surface area contributed by atoms with Crippen LogP contribution in [0.1, 0.15) is 132 Å². The van der Waals surface area contributed by atoms with Crippen LogP contribution in [0.3, 0.4) is 0 Å². The van der Waals surface area contributed by atoms with Gasteiger partial charge in [-0.1, -0.05) is 78.3 Å². The largest absolute Gasteiger partial charge is 0.480 e. The molecule has 0 radical (unpaired) electrons. The van der Waals surface area contributed by atoms with E-state index >= 15 is 0 Å². The second-order valence-corrected chi connectivity index (χ2v) is 28.1. The third-order valence-electron chi connectivity index (χ3n) is 17.2. The number of aliphatic imine (C=N–C) groups is 1. The first-order valence-corrected chi connectivity index (χ1v) is 36.7. The zero-order chi connectivity index (χ0) is 88.7. The quantitative estimate of drug-likeness (QED) is 0.0164. The molecule has 17 atom stereocenters. The third-order valence-corrected chi connectivity index (χ3v) is 17.2. The number of carboxylic acid groups (broad SMARTS) is 1. The van der Waals surface area contributed by atoms with E-state index < -0.39 is 284 Å². The number of nitrogens with zero attached hydrogens (tertiary/aromatic N) is 1. The molecule has 1 rings (SSSR count). The standard InChI is InChI=1S/C69H113N23O24/c1-10-31(6)52(66(113)91-53(33(8)94)67(114)88-43(26-49(74)100)61(108)84-38(21-29(2)3)56(103)79-27-50(101)81-40(23-46(71)97)63(110)92-54(34(9)95)68(115)116)90-55(102)32(7)80-64(111)44(28-93)89-62(109)42(25-48(73)99)87-59(106)39(22-35-15-12-11-13-16-35)85-57(104)36(17-14-20-78-69(76)77)82-60(107)41(24-47(72)98)86-58(105)37(18-19-45(70)96)83-65(112)51(75)30(4)5/h11-13,15-16,29-34,36-44,51-54,93-95H,10,14,17-28,75H2,1-9H3,(H2,70,96)(H2,71,97)(H2,72,98)(H2,73,99)(H2,74,100)(H,79,103)(H,80,111)(H,81,101)(H,82,107)(H,83,112)(H,84,108)(H,85,104)(H,86,105)(H,87,106)(H,88,114)(H,89,109)(H,90,102)(H,91,113)(H,92,110)(H,115,116)(H4,76,77,78)/t31-,32-,33+,34+,36-,37-,38-,39-,40-,41-,42-,43-,44-,51-,52-,53-,54-/m0/s1. The third kappa shape index (κ3) is 38.0. The number of hydrogen-bond acceptors (Lipinski definition) is 25. The van der Waals surface area contributed by atoms with Crippen LogP contribution in [0.2, 0.25) is 0 Å². The van der Waals surface area contributed by atoms with Crippen molar-refractivity contribution in [3.63, 3.8) is 0 Å². The molecule has 0 aliphatic rings. The minimum absolute atomic E-state index is 0.0696. The van der Waals surface area contributed by atoms with E-state index in [9.17, 15) is 116 Å². The van der Waals surface area contributed by atoms with Crippen molar-refractivity contribution in [2.45, 2.75) is 230 Å². The first-order valence-electron chi connectivity index (χ1n) is 36.7. The summed E-state index contributed by atoms with van der Waals surface area (Å²) < 4.78 is 0. The fourth-order valence-corrected chi connectivity index (χ4v) is 10.6. The number of carbonyl (C=O) groups excluding carboxylic acids is 19. The average Bonchev–Trinajstić information content (AvgIpc) is 0.847. The van der Waals surface area contributed by atoms with Crippen molar-refractivity contribution in [3.8, 4) is 0 Å². The molecule has 648 valence electrons. The highest BCUT2D eigenvalue weighted by molar-refractivity contribution is 6.02. The van der Waals surface area contributed by atoms with E-state index in [1.54, 1.807) is 52.8 Å². The number of hydrogen-bond donors (Lipinski definition) is 26. The predicted molar refractivity (Wildman–Crippen MR) is 407 cm³/mol. The van der Waals surface area contributed by atoms with Gasteiger partial charge in [0.25, 0.3) is 0 Å². The van der Waals surface area contributed by atoms with Gasteiger partial charge in [0.2, 0.25) is 112 Å². The number of carbonyl (C=O) groups is 20. The summed E-state index contributed by atoms with van der Waals surface area (Å²) in [5.74, 6) is -25.7. The summed E-state index contributed by atoms with van der Waals surface area (Å²) in [4.78, 5) is 269. The van der Waals surface area contributed by atoms with Gasteiger partial charge < -0.3 is 141 Å². The molecule has 1 aromatic rings. The summed E-state index contributed by atoms with van der Waals surface area (Å²) in [5, 5.41) is 72.2. The molecule has 1 aromatic carbocycles. The molecule has 0 bridgehead atoms. The lowest BCUT2D eigenvalue weighted by Crippen LogP contribution is -2.63. The molecule has 116 heavy (non-hydrogen) atoms. The second-order valence-electron chi connectivity index (χ2n) is 28.1. The Morgan fingerprint density at radius 2 is 0.802 bits per heavy atom. The van der Waals surface area contributed by atoms with Crippen LogP contribution in [0.25, 0.3) is 0 Å². The van der Waals surface area contributed by atoms with E-state index in [2.05, 4.69) is 74.1 Å². The molecule has 47 heteroatoms. The molecule has 0 unspecified atom stereocenters. The highest BCUT2D eigenvalue weighted by atomic mass is 16.4. The molecule has 47 nitrogen and oxygen atoms in total. The first kappa shape index (κ1) is 102. The number of nitrogens with one attached hydrogen (secondary N) is 14. The maximum absolute atomic E-state index is 14.5. The van der Waals surface area contributed by atoms with Crippen molar-refractivity contribution < 1.29 is 116 Å². The summed E-state index contributed by atoms with van der Waals surface area (Å²) in [6.07, 6.45) is -8.87. The van der Waals surface area contributed by atoms with Crippen molar-refractivity contribution in [3.05, 3.63) is 35.9 Å². The Kier molecular flexibility index (Phi) is 44.5. The Labute approximate surface area is 666 Å². The van der Waals surface area contributed by atoms with E-state index in [1.165, 1.54) is 19.1 Å². The van der Waals surface area contributed by atoms with Gasteiger partial charge in [0.1, 0.15) is 72.5 Å². The number of primary amides is 5. The fraction of sp³-hybridized carbons (Fsp3) is 0.609. The van der Waals surface area contributed by atoms with Crippen LogP contribution < -0.4 is 120 Å². The minimum Gasteiger partial charge on any atom is -0.480 e. The number of nitrogens with two attached hydrogens (primary N) is 8. The number of rotatable bonds is 54. The van der Waals surface area contributed by atoms with Crippen LogP contribution in [0, 0.1) is 17.8 Å². The first-order chi connectivity index (χ1) is 54.0. The number of aliphatic carboxylic acids is 1. The molecule has 0 saturated heterocycles. The van der Waals surface area contributed by atoms with Gasteiger partial charge in [-0.25, -0.2) is 4.79 Å². The van der Waals surface area contributed by atoms with Crippen molar-refractivity contribution in [1.82, 2.24) is 74.4 Å². The number of amides is 19. The van der Waals surface area contributed by atoms with Gasteiger partial charge in [-0.2, -0.15) is 0 Å². The molecule has 0 fully saturated rings. The van der Waals surface area contributed by atoms with Crippen LogP contribution in [-0.2, 0) is 102 Å². The summed E-state index contributed by atoms with van der Waals surface area (Å²) in [5.41, 5.74) is 44.3. The number of carboxylic acids is 1. The molecule has 0 saturated carbocycles. The molecular weight excluding hydrogens is 1530 g/mol. The summed E-state index contributed by atoms with van der Waals surface area (Å²) >= 11 is 0. The number of benzene rings is 1. The lowest BCUT2D eigenvalue weighted by Gasteiger charge is -2.30. The van der Waals surface area contributed by atoms with Crippen molar-refractivity contribution >= 4 is 124 Å². The second kappa shape index (κ2) is 50.8. The van der Waals surface area contributed by atoms with Crippen LogP contribution in [0.15, 0.2) is 35.3 Å². The Balaban J connectivity index is 3.54.